The van der Waals surface area contributed by atoms with Crippen LogP contribution in [0.4, 0.5) is 0 Å². The van der Waals surface area contributed by atoms with Crippen LogP contribution in [0.25, 0.3) is 22.1 Å². The van der Waals surface area contributed by atoms with Gasteiger partial charge in [0.1, 0.15) is 11.3 Å². The van der Waals surface area contributed by atoms with Crippen LogP contribution in [0.5, 0.6) is 5.75 Å². The Morgan fingerprint density at radius 3 is 2.64 bits per heavy atom. The zero-order chi connectivity index (χ0) is 23.8. The second-order valence-electron chi connectivity index (χ2n) is 8.94. The molecule has 33 heavy (non-hydrogen) atoms. The molecule has 2 aromatic carbocycles. The summed E-state index contributed by atoms with van der Waals surface area (Å²) in [5.74, 6) is -0.772. The fraction of sp³-hybridized carbons (Fsp3) is 0.346. The van der Waals surface area contributed by atoms with Gasteiger partial charge in [0.05, 0.1) is 5.41 Å². The van der Waals surface area contributed by atoms with Crippen molar-refractivity contribution < 1.29 is 23.8 Å². The Kier molecular flexibility index (Phi) is 5.97. The summed E-state index contributed by atoms with van der Waals surface area (Å²) in [5, 5.41) is 10.3. The Morgan fingerprint density at radius 1 is 1.15 bits per heavy atom. The molecular weight excluding hydrogens is 422 g/mol. The zero-order valence-electron chi connectivity index (χ0n) is 19.0. The first kappa shape index (κ1) is 22.6. The molecule has 3 aromatic rings. The van der Waals surface area contributed by atoms with Gasteiger partial charge in [0, 0.05) is 36.2 Å². The largest absolute Gasteiger partial charge is 0.481 e. The van der Waals surface area contributed by atoms with E-state index in [9.17, 15) is 19.5 Å². The molecule has 2 unspecified atom stereocenters. The van der Waals surface area contributed by atoms with E-state index in [4.69, 9.17) is 9.15 Å². The number of piperidine rings is 1. The van der Waals surface area contributed by atoms with Gasteiger partial charge in [-0.05, 0) is 56.9 Å². The summed E-state index contributed by atoms with van der Waals surface area (Å²) >= 11 is 0. The second kappa shape index (κ2) is 8.73. The van der Waals surface area contributed by atoms with Crippen LogP contribution in [-0.2, 0) is 9.59 Å². The summed E-state index contributed by atoms with van der Waals surface area (Å²) in [6, 6.07) is 14.4. The molecule has 7 heteroatoms. The highest BCUT2D eigenvalue weighted by molar-refractivity contribution is 5.94. The molecule has 1 fully saturated rings. The molecule has 1 aliphatic rings. The average molecular weight is 450 g/mol. The van der Waals surface area contributed by atoms with Gasteiger partial charge in [-0.3, -0.25) is 9.59 Å². The van der Waals surface area contributed by atoms with Gasteiger partial charge in [0.2, 0.25) is 0 Å². The van der Waals surface area contributed by atoms with E-state index in [0.29, 0.717) is 30.7 Å². The number of fused-ring (bicyclic) bond motifs is 1. The van der Waals surface area contributed by atoms with Crippen LogP contribution in [0.2, 0.25) is 0 Å². The summed E-state index contributed by atoms with van der Waals surface area (Å²) in [5.41, 5.74) is 1.71. The molecule has 0 bridgehead atoms. The van der Waals surface area contributed by atoms with Gasteiger partial charge in [0.15, 0.2) is 6.10 Å². The van der Waals surface area contributed by atoms with Gasteiger partial charge in [-0.25, -0.2) is 4.79 Å². The third kappa shape index (κ3) is 4.49. The van der Waals surface area contributed by atoms with Crippen molar-refractivity contribution in [3.63, 3.8) is 0 Å². The van der Waals surface area contributed by atoms with Crippen molar-refractivity contribution in [3.05, 3.63) is 64.5 Å². The number of benzene rings is 2. The lowest BCUT2D eigenvalue weighted by atomic mass is 9.82. The van der Waals surface area contributed by atoms with Crippen LogP contribution in [0, 0.1) is 12.3 Å². The molecule has 7 nitrogen and oxygen atoms in total. The fourth-order valence-corrected chi connectivity index (χ4v) is 4.43. The van der Waals surface area contributed by atoms with Crippen molar-refractivity contribution in [1.82, 2.24) is 4.90 Å². The number of carboxylic acid groups (broad SMARTS) is 1. The van der Waals surface area contributed by atoms with E-state index in [0.717, 1.165) is 22.1 Å². The average Bonchev–Trinajstić information content (AvgIpc) is 2.78. The summed E-state index contributed by atoms with van der Waals surface area (Å²) in [6.07, 6.45) is 0.350. The number of carbonyl (C=O) groups is 2. The van der Waals surface area contributed by atoms with Gasteiger partial charge in [-0.1, -0.05) is 24.3 Å². The lowest BCUT2D eigenvalue weighted by Gasteiger charge is -2.38. The van der Waals surface area contributed by atoms with Crippen LogP contribution in [0.15, 0.2) is 57.7 Å². The zero-order valence-corrected chi connectivity index (χ0v) is 19.0. The standard InChI is InChI=1S/C26H27NO6/c1-16-7-4-5-8-19(16)21-14-23(28)33-22-13-18(9-10-20(21)22)32-17(2)24(29)27-12-6-11-26(3,15-27)25(30)31/h4-5,7-10,13-14,17H,6,11-12,15H2,1-3H3,(H,30,31). The maximum Gasteiger partial charge on any atom is 0.336 e. The first-order valence-corrected chi connectivity index (χ1v) is 11.0. The number of nitrogens with zero attached hydrogens (tertiary/aromatic N) is 1. The second-order valence-corrected chi connectivity index (χ2v) is 8.94. The summed E-state index contributed by atoms with van der Waals surface area (Å²) in [6.45, 7) is 5.94. The molecule has 1 aromatic heterocycles. The van der Waals surface area contributed by atoms with Gasteiger partial charge < -0.3 is 19.2 Å². The van der Waals surface area contributed by atoms with Gasteiger partial charge >= 0.3 is 11.6 Å². The highest BCUT2D eigenvalue weighted by Crippen LogP contribution is 2.33. The smallest absolute Gasteiger partial charge is 0.336 e. The van der Waals surface area contributed by atoms with Crippen molar-refractivity contribution in [3.8, 4) is 16.9 Å². The number of likely N-dealkylation sites (tertiary alicyclic amines) is 1. The molecule has 1 N–H and O–H groups in total. The molecule has 0 saturated carbocycles. The highest BCUT2D eigenvalue weighted by atomic mass is 16.5. The van der Waals surface area contributed by atoms with Crippen LogP contribution in [0.1, 0.15) is 32.3 Å². The summed E-state index contributed by atoms with van der Waals surface area (Å²) < 4.78 is 11.3. The molecule has 4 rings (SSSR count). The van der Waals surface area contributed by atoms with Crippen LogP contribution < -0.4 is 10.4 Å². The number of hydrogen-bond acceptors (Lipinski definition) is 5. The number of rotatable bonds is 5. The third-order valence-corrected chi connectivity index (χ3v) is 6.34. The van der Waals surface area contributed by atoms with Gasteiger partial charge in [-0.2, -0.15) is 0 Å². The molecule has 1 amide bonds. The predicted octanol–water partition coefficient (Wildman–Crippen LogP) is 4.25. The molecule has 0 radical (unpaired) electrons. The number of hydrogen-bond donors (Lipinski definition) is 1. The predicted molar refractivity (Wildman–Crippen MR) is 124 cm³/mol. The van der Waals surface area contributed by atoms with E-state index >= 15 is 0 Å². The minimum atomic E-state index is -0.952. The number of carbonyl (C=O) groups excluding carboxylic acids is 1. The lowest BCUT2D eigenvalue weighted by molar-refractivity contribution is -0.155. The summed E-state index contributed by atoms with van der Waals surface area (Å²) in [7, 11) is 0. The monoisotopic (exact) mass is 449 g/mol. The number of amides is 1. The van der Waals surface area contributed by atoms with Crippen molar-refractivity contribution in [2.75, 3.05) is 13.1 Å². The van der Waals surface area contributed by atoms with E-state index in [1.54, 1.807) is 30.9 Å². The molecule has 1 aliphatic heterocycles. The Morgan fingerprint density at radius 2 is 1.91 bits per heavy atom. The minimum Gasteiger partial charge on any atom is -0.481 e. The summed E-state index contributed by atoms with van der Waals surface area (Å²) in [4.78, 5) is 38.3. The number of carboxylic acids is 1. The van der Waals surface area contributed by atoms with Crippen molar-refractivity contribution in [1.29, 1.82) is 0 Å². The third-order valence-electron chi connectivity index (χ3n) is 6.34. The maximum atomic E-state index is 12.9. The quantitative estimate of drug-likeness (QED) is 0.585. The van der Waals surface area contributed by atoms with E-state index < -0.39 is 23.1 Å². The first-order chi connectivity index (χ1) is 15.7. The van der Waals surface area contributed by atoms with Gasteiger partial charge in [0.25, 0.3) is 5.91 Å². The molecule has 172 valence electrons. The van der Waals surface area contributed by atoms with Crippen LogP contribution in [-0.4, -0.2) is 41.1 Å². The first-order valence-electron chi connectivity index (χ1n) is 11.0. The Hall–Kier alpha value is -3.61. The van der Waals surface area contributed by atoms with E-state index in [2.05, 4.69) is 0 Å². The maximum absolute atomic E-state index is 12.9. The normalized spacial score (nSPS) is 19.3. The molecule has 2 heterocycles. The molecule has 2 atom stereocenters. The van der Waals surface area contributed by atoms with E-state index in [1.807, 2.05) is 37.3 Å². The Labute approximate surface area is 191 Å². The van der Waals surface area contributed by atoms with Crippen LogP contribution >= 0.6 is 0 Å². The van der Waals surface area contributed by atoms with Crippen molar-refractivity contribution in [2.45, 2.75) is 39.7 Å². The Bertz CT molecular complexity index is 1280. The molecule has 0 spiro atoms. The minimum absolute atomic E-state index is 0.154. The highest BCUT2D eigenvalue weighted by Gasteiger charge is 2.40. The lowest BCUT2D eigenvalue weighted by Crippen LogP contribution is -2.51. The Balaban J connectivity index is 1.58. The molecule has 1 saturated heterocycles. The molecular formula is C26H27NO6. The topological polar surface area (TPSA) is 97.0 Å². The molecule has 0 aliphatic carbocycles. The van der Waals surface area contributed by atoms with Crippen molar-refractivity contribution >= 4 is 22.8 Å². The fourth-order valence-electron chi connectivity index (χ4n) is 4.43. The van der Waals surface area contributed by atoms with E-state index in [-0.39, 0.29) is 12.5 Å². The number of aliphatic carboxylic acids is 1. The van der Waals surface area contributed by atoms with Crippen molar-refractivity contribution in [2.24, 2.45) is 5.41 Å². The number of aryl methyl sites for hydroxylation is 1. The SMILES string of the molecule is Cc1ccccc1-c1cc(=O)oc2cc(OC(C)C(=O)N3CCCC(C)(C(=O)O)C3)ccc12. The number of ether oxygens (including phenoxy) is 1. The van der Waals surface area contributed by atoms with Gasteiger partial charge in [-0.15, -0.1) is 0 Å². The van der Waals surface area contributed by atoms with E-state index in [1.165, 1.54) is 6.07 Å². The van der Waals surface area contributed by atoms with Crippen LogP contribution in [0.3, 0.4) is 0 Å².